The smallest absolute Gasteiger partial charge is 0.243 e. The van der Waals surface area contributed by atoms with Crippen LogP contribution in [0.3, 0.4) is 0 Å². The third-order valence-corrected chi connectivity index (χ3v) is 11.0. The maximum atomic E-state index is 13.1. The normalized spacial score (nSPS) is 18.9. The summed E-state index contributed by atoms with van der Waals surface area (Å²) in [6.45, 7) is 4.51. The van der Waals surface area contributed by atoms with Crippen LogP contribution in [-0.2, 0) is 14.8 Å². The number of piperidine rings is 1. The van der Waals surface area contributed by atoms with Gasteiger partial charge >= 0.3 is 0 Å². The molecule has 166 valence electrons. The fourth-order valence-electron chi connectivity index (χ4n) is 4.14. The first-order valence-corrected chi connectivity index (χ1v) is 14.1. The second kappa shape index (κ2) is 9.57. The number of amides is 1. The van der Waals surface area contributed by atoms with E-state index >= 15 is 0 Å². The van der Waals surface area contributed by atoms with Crippen molar-refractivity contribution in [3.05, 3.63) is 59.2 Å². The second-order valence-electron chi connectivity index (χ2n) is 8.14. The van der Waals surface area contributed by atoms with E-state index in [4.69, 9.17) is 0 Å². The van der Waals surface area contributed by atoms with Crippen molar-refractivity contribution in [2.75, 3.05) is 29.9 Å². The molecule has 2 aliphatic rings. The molecule has 2 aliphatic heterocycles. The summed E-state index contributed by atoms with van der Waals surface area (Å²) in [5.74, 6) is 2.13. The largest absolute Gasteiger partial charge is 0.326 e. The van der Waals surface area contributed by atoms with Gasteiger partial charge in [0.1, 0.15) is 0 Å². The maximum absolute atomic E-state index is 13.1. The minimum absolute atomic E-state index is 0.0209. The monoisotopic (exact) mass is 476 g/mol. The van der Waals surface area contributed by atoms with Crippen LogP contribution in [-0.4, -0.2) is 43.2 Å². The molecule has 31 heavy (non-hydrogen) atoms. The highest BCUT2D eigenvalue weighted by atomic mass is 32.2. The molecule has 8 heteroatoms. The van der Waals surface area contributed by atoms with E-state index in [1.54, 1.807) is 6.07 Å². The van der Waals surface area contributed by atoms with Gasteiger partial charge in [-0.3, -0.25) is 4.79 Å². The number of nitrogens with zero attached hydrogens (tertiary/aromatic N) is 1. The molecule has 0 atom stereocenters. The van der Waals surface area contributed by atoms with Crippen molar-refractivity contribution in [3.63, 3.8) is 0 Å². The quantitative estimate of drug-likeness (QED) is 0.670. The molecular weight excluding hydrogens is 448 g/mol. The topological polar surface area (TPSA) is 66.5 Å². The van der Waals surface area contributed by atoms with Crippen molar-refractivity contribution in [3.8, 4) is 0 Å². The van der Waals surface area contributed by atoms with Crippen molar-refractivity contribution in [1.82, 2.24) is 4.31 Å². The van der Waals surface area contributed by atoms with Gasteiger partial charge in [0.15, 0.2) is 0 Å². The highest BCUT2D eigenvalue weighted by Crippen LogP contribution is 2.45. The molecule has 2 heterocycles. The molecule has 0 aromatic heterocycles. The lowest BCUT2D eigenvalue weighted by atomic mass is 9.97. The van der Waals surface area contributed by atoms with Gasteiger partial charge in [0.25, 0.3) is 0 Å². The molecule has 2 aromatic rings. The zero-order valence-corrected chi connectivity index (χ0v) is 20.3. The molecule has 0 aliphatic carbocycles. The summed E-state index contributed by atoms with van der Waals surface area (Å²) in [6, 6.07) is 13.5. The first kappa shape index (κ1) is 22.7. The van der Waals surface area contributed by atoms with Gasteiger partial charge in [-0.15, -0.1) is 23.5 Å². The number of carbonyl (C=O) groups is 1. The van der Waals surface area contributed by atoms with E-state index in [9.17, 15) is 13.2 Å². The number of nitrogens with one attached hydrogen (secondary N) is 1. The number of thioether (sulfide) groups is 2. The summed E-state index contributed by atoms with van der Waals surface area (Å²) < 4.78 is 28.1. The van der Waals surface area contributed by atoms with Crippen LogP contribution >= 0.6 is 23.5 Å². The Labute approximate surface area is 193 Å². The van der Waals surface area contributed by atoms with Gasteiger partial charge < -0.3 is 5.32 Å². The van der Waals surface area contributed by atoms with Crippen LogP contribution in [0.1, 0.15) is 34.1 Å². The number of benzene rings is 2. The molecular formula is C23H28N2O3S3. The lowest BCUT2D eigenvalue weighted by Crippen LogP contribution is -2.41. The van der Waals surface area contributed by atoms with E-state index in [2.05, 4.69) is 17.4 Å². The SMILES string of the molecule is Cc1ccc(S(=O)(=O)N2CCC(C(=O)Nc3cccc(C4SCCS4)c3)CC2)c(C)c1. The third kappa shape index (κ3) is 5.13. The van der Waals surface area contributed by atoms with Crippen molar-refractivity contribution in [2.24, 2.45) is 5.92 Å². The van der Waals surface area contributed by atoms with Gasteiger partial charge in [-0.25, -0.2) is 8.42 Å². The zero-order chi connectivity index (χ0) is 22.0. The molecule has 0 saturated carbocycles. The molecule has 0 radical (unpaired) electrons. The van der Waals surface area contributed by atoms with Crippen LogP contribution in [0.15, 0.2) is 47.4 Å². The Morgan fingerprint density at radius 1 is 1.03 bits per heavy atom. The fraction of sp³-hybridized carbons (Fsp3) is 0.435. The highest BCUT2D eigenvalue weighted by Gasteiger charge is 2.33. The van der Waals surface area contributed by atoms with E-state index in [1.165, 1.54) is 9.87 Å². The van der Waals surface area contributed by atoms with Gasteiger partial charge in [-0.2, -0.15) is 4.31 Å². The Morgan fingerprint density at radius 2 is 1.74 bits per heavy atom. The molecule has 5 nitrogen and oxygen atoms in total. The Hall–Kier alpha value is -1.48. The van der Waals surface area contributed by atoms with E-state index in [-0.39, 0.29) is 11.8 Å². The van der Waals surface area contributed by atoms with Crippen LogP contribution in [0.4, 0.5) is 5.69 Å². The van der Waals surface area contributed by atoms with Gasteiger partial charge in [-0.05, 0) is 56.0 Å². The maximum Gasteiger partial charge on any atom is 0.243 e. The molecule has 0 unspecified atom stereocenters. The first-order valence-electron chi connectivity index (χ1n) is 10.6. The zero-order valence-electron chi connectivity index (χ0n) is 17.8. The molecule has 4 rings (SSSR count). The Kier molecular flexibility index (Phi) is 7.01. The summed E-state index contributed by atoms with van der Waals surface area (Å²) in [5, 5.41) is 3.05. The average molecular weight is 477 g/mol. The van der Waals surface area contributed by atoms with Crippen LogP contribution in [0.25, 0.3) is 0 Å². The predicted octanol–water partition coefficient (Wildman–Crippen LogP) is 4.82. The van der Waals surface area contributed by atoms with Crippen LogP contribution in [0.5, 0.6) is 0 Å². The summed E-state index contributed by atoms with van der Waals surface area (Å²) in [4.78, 5) is 13.2. The Morgan fingerprint density at radius 3 is 2.42 bits per heavy atom. The van der Waals surface area contributed by atoms with Gasteiger partial charge in [0.2, 0.25) is 15.9 Å². The Bertz CT molecular complexity index is 1060. The third-order valence-electron chi connectivity index (χ3n) is 5.82. The Balaban J connectivity index is 1.37. The lowest BCUT2D eigenvalue weighted by Gasteiger charge is -2.31. The second-order valence-corrected chi connectivity index (χ2v) is 12.8. The molecule has 0 bridgehead atoms. The van der Waals surface area contributed by atoms with E-state index < -0.39 is 10.0 Å². The minimum atomic E-state index is -3.54. The van der Waals surface area contributed by atoms with E-state index in [1.807, 2.05) is 61.6 Å². The number of rotatable bonds is 5. The number of sulfonamides is 1. The van der Waals surface area contributed by atoms with Crippen molar-refractivity contribution >= 4 is 45.1 Å². The molecule has 2 aromatic carbocycles. The van der Waals surface area contributed by atoms with Gasteiger partial charge in [0, 0.05) is 36.2 Å². The molecule has 2 fully saturated rings. The lowest BCUT2D eigenvalue weighted by molar-refractivity contribution is -0.120. The predicted molar refractivity (Wildman–Crippen MR) is 130 cm³/mol. The van der Waals surface area contributed by atoms with Crippen molar-refractivity contribution in [1.29, 1.82) is 0 Å². The van der Waals surface area contributed by atoms with Crippen LogP contribution in [0, 0.1) is 19.8 Å². The summed E-state index contributed by atoms with van der Waals surface area (Å²) >= 11 is 3.88. The van der Waals surface area contributed by atoms with E-state index in [0.29, 0.717) is 35.4 Å². The van der Waals surface area contributed by atoms with E-state index in [0.717, 1.165) is 28.3 Å². The molecule has 1 amide bonds. The molecule has 2 saturated heterocycles. The summed E-state index contributed by atoms with van der Waals surface area (Å²) in [6.07, 6.45) is 1.06. The van der Waals surface area contributed by atoms with Crippen molar-refractivity contribution < 1.29 is 13.2 Å². The number of aryl methyl sites for hydroxylation is 2. The number of carbonyl (C=O) groups excluding carboxylic acids is 1. The minimum Gasteiger partial charge on any atom is -0.326 e. The highest BCUT2D eigenvalue weighted by molar-refractivity contribution is 8.19. The summed E-state index contributed by atoms with van der Waals surface area (Å²) in [7, 11) is -3.54. The van der Waals surface area contributed by atoms with Gasteiger partial charge in [-0.1, -0.05) is 29.8 Å². The average Bonchev–Trinajstić information content (AvgIpc) is 3.29. The van der Waals surface area contributed by atoms with Crippen molar-refractivity contribution in [2.45, 2.75) is 36.2 Å². The van der Waals surface area contributed by atoms with Crippen LogP contribution in [0.2, 0.25) is 0 Å². The number of hydrogen-bond acceptors (Lipinski definition) is 5. The first-order chi connectivity index (χ1) is 14.8. The molecule has 1 N–H and O–H groups in total. The summed E-state index contributed by atoms with van der Waals surface area (Å²) in [5.41, 5.74) is 3.86. The fourth-order valence-corrected chi connectivity index (χ4v) is 8.66. The van der Waals surface area contributed by atoms with Crippen LogP contribution < -0.4 is 5.32 Å². The van der Waals surface area contributed by atoms with Gasteiger partial charge in [0.05, 0.1) is 9.48 Å². The number of anilines is 1. The number of hydrogen-bond donors (Lipinski definition) is 1. The molecule has 0 spiro atoms. The standard InChI is InChI=1S/C23H28N2O3S3/c1-16-6-7-21(17(2)14-16)31(27,28)25-10-8-18(9-11-25)22(26)24-20-5-3-4-19(15-20)23-29-12-13-30-23/h3-7,14-15,18,23H,8-13H2,1-2H3,(H,24,26).